The summed E-state index contributed by atoms with van der Waals surface area (Å²) in [6.45, 7) is 0. The lowest BCUT2D eigenvalue weighted by atomic mass is 10.1. The van der Waals surface area contributed by atoms with Crippen LogP contribution in [0.1, 0.15) is 5.56 Å². The van der Waals surface area contributed by atoms with Crippen LogP contribution in [0.2, 0.25) is 0 Å². The minimum Gasteiger partial charge on any atom is -0.406 e. The number of allylic oxidation sites excluding steroid dienone is 1. The molecule has 0 saturated heterocycles. The number of rotatable bonds is 3. The van der Waals surface area contributed by atoms with E-state index < -0.39 is 6.36 Å². The van der Waals surface area contributed by atoms with E-state index >= 15 is 0 Å². The number of benzene rings is 1. The molecular weight excluding hydrogens is 221 g/mol. The van der Waals surface area contributed by atoms with Gasteiger partial charge < -0.3 is 15.9 Å². The number of hydrogen-bond donors (Lipinski definition) is 2. The highest BCUT2D eigenvalue weighted by Gasteiger charge is 2.30. The van der Waals surface area contributed by atoms with Crippen LogP contribution >= 0.6 is 0 Å². The molecule has 0 aliphatic heterocycles. The van der Waals surface area contributed by atoms with E-state index in [2.05, 4.69) is 4.74 Å². The van der Waals surface area contributed by atoms with Gasteiger partial charge in [-0.3, -0.25) is 0 Å². The van der Waals surface area contributed by atoms with Crippen molar-refractivity contribution in [1.29, 1.82) is 5.41 Å². The first-order valence-corrected chi connectivity index (χ1v) is 4.25. The maximum atomic E-state index is 11.8. The van der Waals surface area contributed by atoms with Gasteiger partial charge in [0.05, 0.1) is 5.71 Å². The van der Waals surface area contributed by atoms with Crippen LogP contribution in [-0.2, 0) is 0 Å². The molecule has 0 saturated carbocycles. The van der Waals surface area contributed by atoms with Crippen molar-refractivity contribution in [3.63, 3.8) is 0 Å². The molecule has 0 spiro atoms. The third-order valence-electron chi connectivity index (χ3n) is 1.66. The predicted octanol–water partition coefficient (Wildman–Crippen LogP) is 2.43. The Morgan fingerprint density at radius 2 is 1.81 bits per heavy atom. The molecule has 1 aromatic carbocycles. The van der Waals surface area contributed by atoms with Crippen molar-refractivity contribution in [2.24, 2.45) is 5.73 Å². The van der Waals surface area contributed by atoms with E-state index in [4.69, 9.17) is 11.1 Å². The van der Waals surface area contributed by atoms with Gasteiger partial charge in [0.1, 0.15) is 5.75 Å². The van der Waals surface area contributed by atoms with Gasteiger partial charge in [0.2, 0.25) is 0 Å². The molecule has 0 radical (unpaired) electrons. The molecule has 0 aliphatic rings. The van der Waals surface area contributed by atoms with E-state index in [-0.39, 0.29) is 11.5 Å². The molecular formula is C10H9F3N2O. The Bertz CT molecular complexity index is 396. The van der Waals surface area contributed by atoms with Gasteiger partial charge in [0.25, 0.3) is 0 Å². The highest BCUT2D eigenvalue weighted by molar-refractivity contribution is 6.06. The largest absolute Gasteiger partial charge is 0.573 e. The second-order valence-corrected chi connectivity index (χ2v) is 2.84. The zero-order chi connectivity index (χ0) is 12.2. The van der Waals surface area contributed by atoms with Crippen molar-refractivity contribution in [3.05, 3.63) is 42.1 Å². The van der Waals surface area contributed by atoms with Crippen LogP contribution < -0.4 is 10.5 Å². The van der Waals surface area contributed by atoms with E-state index in [9.17, 15) is 13.2 Å². The molecule has 1 aromatic rings. The Morgan fingerprint density at radius 3 is 2.25 bits per heavy atom. The van der Waals surface area contributed by atoms with Crippen molar-refractivity contribution in [3.8, 4) is 5.75 Å². The topological polar surface area (TPSA) is 59.1 Å². The number of alkyl halides is 3. The Balaban J connectivity index is 2.79. The Kier molecular flexibility index (Phi) is 3.55. The smallest absolute Gasteiger partial charge is 0.406 e. The summed E-state index contributed by atoms with van der Waals surface area (Å²) in [6, 6.07) is 4.98. The van der Waals surface area contributed by atoms with Gasteiger partial charge in [-0.2, -0.15) is 0 Å². The number of nitrogens with two attached hydrogens (primary N) is 1. The van der Waals surface area contributed by atoms with Crippen molar-refractivity contribution >= 4 is 5.71 Å². The average Bonchev–Trinajstić information content (AvgIpc) is 2.16. The number of ether oxygens (including phenoxy) is 1. The SMILES string of the molecule is N=C(/C=C\N)c1ccc(OC(F)(F)F)cc1. The maximum Gasteiger partial charge on any atom is 0.573 e. The van der Waals surface area contributed by atoms with Crippen molar-refractivity contribution < 1.29 is 17.9 Å². The highest BCUT2D eigenvalue weighted by atomic mass is 19.4. The van der Waals surface area contributed by atoms with Crippen LogP contribution in [0.4, 0.5) is 13.2 Å². The summed E-state index contributed by atoms with van der Waals surface area (Å²) >= 11 is 0. The van der Waals surface area contributed by atoms with Crippen LogP contribution in [0, 0.1) is 5.41 Å². The fourth-order valence-electron chi connectivity index (χ4n) is 1.03. The van der Waals surface area contributed by atoms with Crippen LogP contribution in [0.25, 0.3) is 0 Å². The van der Waals surface area contributed by atoms with Crippen molar-refractivity contribution in [2.45, 2.75) is 6.36 Å². The summed E-state index contributed by atoms with van der Waals surface area (Å²) in [5.74, 6) is -0.319. The molecule has 1 rings (SSSR count). The van der Waals surface area contributed by atoms with Crippen LogP contribution in [0.15, 0.2) is 36.5 Å². The standard InChI is InChI=1S/C10H9F3N2O/c11-10(12,13)16-8-3-1-7(2-4-8)9(15)5-6-14/h1-6,15H,14H2/b6-5-,15-9?. The normalized spacial score (nSPS) is 11.7. The number of nitrogens with one attached hydrogen (secondary N) is 1. The molecule has 6 heteroatoms. The molecule has 86 valence electrons. The van der Waals surface area contributed by atoms with Gasteiger partial charge in [-0.1, -0.05) is 0 Å². The lowest BCUT2D eigenvalue weighted by Gasteiger charge is -2.08. The van der Waals surface area contributed by atoms with E-state index in [0.29, 0.717) is 5.56 Å². The average molecular weight is 230 g/mol. The third kappa shape index (κ3) is 3.64. The van der Waals surface area contributed by atoms with E-state index in [1.165, 1.54) is 24.4 Å². The minimum absolute atomic E-state index is 0.112. The van der Waals surface area contributed by atoms with Crippen LogP contribution in [0.3, 0.4) is 0 Å². The van der Waals surface area contributed by atoms with Gasteiger partial charge in [-0.25, -0.2) is 0 Å². The Hall–Kier alpha value is -1.98. The van der Waals surface area contributed by atoms with Gasteiger partial charge >= 0.3 is 6.36 Å². The molecule has 0 atom stereocenters. The summed E-state index contributed by atoms with van der Waals surface area (Å²) in [5, 5.41) is 7.45. The lowest BCUT2D eigenvalue weighted by Crippen LogP contribution is -2.17. The van der Waals surface area contributed by atoms with Crippen molar-refractivity contribution in [1.82, 2.24) is 0 Å². The first kappa shape index (κ1) is 12.1. The highest BCUT2D eigenvalue weighted by Crippen LogP contribution is 2.22. The summed E-state index contributed by atoms with van der Waals surface area (Å²) in [4.78, 5) is 0. The molecule has 3 nitrogen and oxygen atoms in total. The quantitative estimate of drug-likeness (QED) is 0.783. The zero-order valence-electron chi connectivity index (χ0n) is 8.08. The predicted molar refractivity (Wildman–Crippen MR) is 53.3 cm³/mol. The van der Waals surface area contributed by atoms with Gasteiger partial charge in [0, 0.05) is 0 Å². The van der Waals surface area contributed by atoms with Gasteiger partial charge in [-0.15, -0.1) is 13.2 Å². The monoisotopic (exact) mass is 230 g/mol. The first-order chi connectivity index (χ1) is 7.42. The number of halogens is 3. The molecule has 16 heavy (non-hydrogen) atoms. The molecule has 0 bridgehead atoms. The van der Waals surface area contributed by atoms with E-state index in [1.54, 1.807) is 0 Å². The molecule has 0 fully saturated rings. The fourth-order valence-corrected chi connectivity index (χ4v) is 1.03. The van der Waals surface area contributed by atoms with Gasteiger partial charge in [0.15, 0.2) is 0 Å². The summed E-state index contributed by atoms with van der Waals surface area (Å²) in [7, 11) is 0. The van der Waals surface area contributed by atoms with Gasteiger partial charge in [-0.05, 0) is 42.1 Å². The zero-order valence-corrected chi connectivity index (χ0v) is 8.08. The Labute approximate surface area is 89.8 Å². The van der Waals surface area contributed by atoms with Crippen LogP contribution in [-0.4, -0.2) is 12.1 Å². The van der Waals surface area contributed by atoms with Crippen LogP contribution in [0.5, 0.6) is 5.75 Å². The molecule has 0 heterocycles. The summed E-state index contributed by atoms with van der Waals surface area (Å²) in [6.07, 6.45) is -2.19. The molecule has 0 aliphatic carbocycles. The minimum atomic E-state index is -4.70. The summed E-state index contributed by atoms with van der Waals surface area (Å²) in [5.41, 5.74) is 5.65. The Morgan fingerprint density at radius 1 is 1.25 bits per heavy atom. The number of hydrogen-bond acceptors (Lipinski definition) is 3. The lowest BCUT2D eigenvalue weighted by molar-refractivity contribution is -0.274. The second kappa shape index (κ2) is 4.69. The molecule has 0 amide bonds. The fraction of sp³-hybridized carbons (Fsp3) is 0.100. The van der Waals surface area contributed by atoms with E-state index in [1.807, 2.05) is 0 Å². The molecule has 3 N–H and O–H groups in total. The maximum absolute atomic E-state index is 11.8. The van der Waals surface area contributed by atoms with Crippen molar-refractivity contribution in [2.75, 3.05) is 0 Å². The second-order valence-electron chi connectivity index (χ2n) is 2.84. The molecule has 0 unspecified atom stereocenters. The third-order valence-corrected chi connectivity index (χ3v) is 1.66. The first-order valence-electron chi connectivity index (χ1n) is 4.25. The van der Waals surface area contributed by atoms with E-state index in [0.717, 1.165) is 12.1 Å². The molecule has 0 aromatic heterocycles. The summed E-state index contributed by atoms with van der Waals surface area (Å²) < 4.78 is 39.2.